The Morgan fingerprint density at radius 1 is 1.50 bits per heavy atom. The van der Waals surface area contributed by atoms with E-state index in [1.54, 1.807) is 6.07 Å². The minimum atomic E-state index is -0.250. The quantitative estimate of drug-likeness (QED) is 0.667. The average Bonchev–Trinajstić information content (AvgIpc) is 2.55. The summed E-state index contributed by atoms with van der Waals surface area (Å²) in [7, 11) is 3.99. The third-order valence-electron chi connectivity index (χ3n) is 3.85. The number of carbonyl (C=O) groups excluding carboxylic acids is 1. The Labute approximate surface area is 141 Å². The molecule has 2 heterocycles. The van der Waals surface area contributed by atoms with Crippen LogP contribution in [0.3, 0.4) is 0 Å². The Balaban J connectivity index is 1.77. The molecular weight excluding hydrogens is 312 g/mol. The van der Waals surface area contributed by atoms with Gasteiger partial charge >= 0.3 is 0 Å². The fraction of sp³-hybridized carbons (Fsp3) is 0.688. The first kappa shape index (κ1) is 18.6. The Hall–Kier alpha value is -1.77. The second kappa shape index (κ2) is 9.51. The molecule has 1 amide bonds. The Morgan fingerprint density at radius 3 is 3.04 bits per heavy atom. The normalized spacial score (nSPS) is 21.0. The van der Waals surface area contributed by atoms with Crippen molar-refractivity contribution in [3.8, 4) is 0 Å². The minimum absolute atomic E-state index is 0.0196. The maximum absolute atomic E-state index is 12.1. The van der Waals surface area contributed by atoms with Crippen molar-refractivity contribution in [2.45, 2.75) is 31.4 Å². The summed E-state index contributed by atoms with van der Waals surface area (Å²) in [5.74, 6) is -0.0697. The maximum Gasteiger partial charge on any atom is 0.264 e. The summed E-state index contributed by atoms with van der Waals surface area (Å²) >= 11 is 0. The van der Waals surface area contributed by atoms with Gasteiger partial charge in [0.2, 0.25) is 5.91 Å². The first-order valence-electron chi connectivity index (χ1n) is 8.22. The molecule has 1 fully saturated rings. The van der Waals surface area contributed by atoms with E-state index in [-0.39, 0.29) is 23.6 Å². The Bertz CT molecular complexity index is 555. The summed E-state index contributed by atoms with van der Waals surface area (Å²) < 4.78 is 11.4. The van der Waals surface area contributed by atoms with E-state index < -0.39 is 0 Å². The van der Waals surface area contributed by atoms with Gasteiger partial charge in [0, 0.05) is 32.1 Å². The Kier molecular flexibility index (Phi) is 7.36. The zero-order valence-electron chi connectivity index (χ0n) is 14.3. The molecule has 1 aliphatic heterocycles. The molecule has 0 radical (unpaired) electrons. The van der Waals surface area contributed by atoms with Crippen LogP contribution in [0.25, 0.3) is 0 Å². The molecule has 8 nitrogen and oxygen atoms in total. The van der Waals surface area contributed by atoms with E-state index in [2.05, 4.69) is 20.4 Å². The molecular formula is C16H26N4O4. The first-order chi connectivity index (χ1) is 11.5. The standard InChI is InChI=1S/C16H26N4O4/c1-20(2)8-10-24-14-7-9-23-11-13(14)17-15(21)5-3-12-4-6-16(22)19-18-12/h4,6,13-14H,3,5,7-11H2,1-2H3,(H,17,21)(H,19,22)/t13-,14+/m1/s1. The molecule has 0 unspecified atom stereocenters. The summed E-state index contributed by atoms with van der Waals surface area (Å²) in [6.07, 6.45) is 1.54. The molecule has 1 aliphatic rings. The van der Waals surface area contributed by atoms with Gasteiger partial charge in [0.25, 0.3) is 5.56 Å². The number of nitrogens with one attached hydrogen (secondary N) is 2. The lowest BCUT2D eigenvalue weighted by molar-refractivity contribution is -0.126. The zero-order chi connectivity index (χ0) is 17.4. The van der Waals surface area contributed by atoms with Crippen LogP contribution < -0.4 is 10.9 Å². The largest absolute Gasteiger partial charge is 0.379 e. The molecule has 1 aromatic rings. The second-order valence-electron chi connectivity index (χ2n) is 6.16. The van der Waals surface area contributed by atoms with E-state index in [0.717, 1.165) is 13.0 Å². The third-order valence-corrected chi connectivity index (χ3v) is 3.85. The van der Waals surface area contributed by atoms with Gasteiger partial charge in [-0.3, -0.25) is 9.59 Å². The van der Waals surface area contributed by atoms with Crippen LogP contribution in [-0.2, 0) is 20.7 Å². The molecule has 0 aromatic carbocycles. The number of carbonyl (C=O) groups is 1. The van der Waals surface area contributed by atoms with E-state index in [0.29, 0.717) is 38.4 Å². The van der Waals surface area contributed by atoms with Crippen molar-refractivity contribution in [2.75, 3.05) is 40.5 Å². The number of H-pyrrole nitrogens is 1. The SMILES string of the molecule is CN(C)CCO[C@H]1CCOC[C@H]1NC(=O)CCc1ccc(=O)[nH]n1. The average molecular weight is 338 g/mol. The minimum Gasteiger partial charge on any atom is -0.379 e. The molecule has 0 saturated carbocycles. The number of aromatic amines is 1. The van der Waals surface area contributed by atoms with Crippen LogP contribution in [0.15, 0.2) is 16.9 Å². The van der Waals surface area contributed by atoms with Crippen LogP contribution in [-0.4, -0.2) is 73.6 Å². The van der Waals surface area contributed by atoms with Crippen molar-refractivity contribution in [3.05, 3.63) is 28.2 Å². The predicted molar refractivity (Wildman–Crippen MR) is 88.8 cm³/mol. The van der Waals surface area contributed by atoms with Crippen molar-refractivity contribution < 1.29 is 14.3 Å². The maximum atomic E-state index is 12.1. The Morgan fingerprint density at radius 2 is 2.33 bits per heavy atom. The molecule has 1 aromatic heterocycles. The summed E-state index contributed by atoms with van der Waals surface area (Å²) in [5.41, 5.74) is 0.434. The summed E-state index contributed by atoms with van der Waals surface area (Å²) in [6.45, 7) is 2.59. The number of hydrogen-bond acceptors (Lipinski definition) is 6. The number of aryl methyl sites for hydroxylation is 1. The lowest BCUT2D eigenvalue weighted by Crippen LogP contribution is -2.51. The van der Waals surface area contributed by atoms with Crippen LogP contribution in [0.5, 0.6) is 0 Å². The molecule has 0 bridgehead atoms. The topological polar surface area (TPSA) is 96.5 Å². The zero-order valence-corrected chi connectivity index (χ0v) is 14.3. The van der Waals surface area contributed by atoms with Gasteiger partial charge in [0.05, 0.1) is 31.1 Å². The molecule has 2 N–H and O–H groups in total. The highest BCUT2D eigenvalue weighted by Gasteiger charge is 2.27. The van der Waals surface area contributed by atoms with Gasteiger partial charge in [0.1, 0.15) is 0 Å². The molecule has 24 heavy (non-hydrogen) atoms. The van der Waals surface area contributed by atoms with E-state index >= 15 is 0 Å². The molecule has 1 saturated heterocycles. The molecule has 134 valence electrons. The van der Waals surface area contributed by atoms with E-state index in [4.69, 9.17) is 9.47 Å². The number of ether oxygens (including phenoxy) is 2. The van der Waals surface area contributed by atoms with Gasteiger partial charge < -0.3 is 19.7 Å². The predicted octanol–water partition coefficient (Wildman–Crippen LogP) is -0.446. The monoisotopic (exact) mass is 338 g/mol. The molecule has 0 spiro atoms. The van der Waals surface area contributed by atoms with E-state index in [1.807, 2.05) is 14.1 Å². The van der Waals surface area contributed by atoms with Crippen molar-refractivity contribution in [1.29, 1.82) is 0 Å². The fourth-order valence-corrected chi connectivity index (χ4v) is 2.47. The number of hydrogen-bond donors (Lipinski definition) is 2. The first-order valence-corrected chi connectivity index (χ1v) is 8.22. The lowest BCUT2D eigenvalue weighted by atomic mass is 10.1. The van der Waals surface area contributed by atoms with Gasteiger partial charge in [-0.25, -0.2) is 5.10 Å². The van der Waals surface area contributed by atoms with Crippen LogP contribution in [0.4, 0.5) is 0 Å². The number of likely N-dealkylation sites (N-methyl/N-ethyl adjacent to an activating group) is 1. The van der Waals surface area contributed by atoms with E-state index in [9.17, 15) is 9.59 Å². The van der Waals surface area contributed by atoms with E-state index in [1.165, 1.54) is 6.07 Å². The number of rotatable bonds is 8. The number of amides is 1. The highest BCUT2D eigenvalue weighted by molar-refractivity contribution is 5.76. The molecule has 8 heteroatoms. The van der Waals surface area contributed by atoms with Gasteiger partial charge in [0.15, 0.2) is 0 Å². The van der Waals surface area contributed by atoms with Crippen LogP contribution >= 0.6 is 0 Å². The number of nitrogens with zero attached hydrogens (tertiary/aromatic N) is 2. The van der Waals surface area contributed by atoms with Gasteiger partial charge in [-0.2, -0.15) is 5.10 Å². The van der Waals surface area contributed by atoms with Crippen LogP contribution in [0.1, 0.15) is 18.5 Å². The van der Waals surface area contributed by atoms with Crippen molar-refractivity contribution >= 4 is 5.91 Å². The van der Waals surface area contributed by atoms with Gasteiger partial charge in [-0.05, 0) is 26.6 Å². The van der Waals surface area contributed by atoms with Crippen LogP contribution in [0, 0.1) is 0 Å². The third kappa shape index (κ3) is 6.38. The fourth-order valence-electron chi connectivity index (χ4n) is 2.47. The van der Waals surface area contributed by atoms with Crippen molar-refractivity contribution in [2.24, 2.45) is 0 Å². The van der Waals surface area contributed by atoms with Crippen molar-refractivity contribution in [1.82, 2.24) is 20.4 Å². The highest BCUT2D eigenvalue weighted by atomic mass is 16.5. The summed E-state index contributed by atoms with van der Waals surface area (Å²) in [4.78, 5) is 25.2. The van der Waals surface area contributed by atoms with Gasteiger partial charge in [-0.1, -0.05) is 0 Å². The molecule has 2 atom stereocenters. The summed E-state index contributed by atoms with van der Waals surface area (Å²) in [5, 5.41) is 9.25. The highest BCUT2D eigenvalue weighted by Crippen LogP contribution is 2.12. The van der Waals surface area contributed by atoms with Crippen molar-refractivity contribution in [3.63, 3.8) is 0 Å². The molecule has 2 rings (SSSR count). The van der Waals surface area contributed by atoms with Crippen LogP contribution in [0.2, 0.25) is 0 Å². The number of aromatic nitrogens is 2. The lowest BCUT2D eigenvalue weighted by Gasteiger charge is -2.32. The summed E-state index contributed by atoms with van der Waals surface area (Å²) in [6, 6.07) is 2.91. The molecule has 0 aliphatic carbocycles. The second-order valence-corrected chi connectivity index (χ2v) is 6.16. The smallest absolute Gasteiger partial charge is 0.264 e. The van der Waals surface area contributed by atoms with Gasteiger partial charge in [-0.15, -0.1) is 0 Å².